The van der Waals surface area contributed by atoms with Crippen molar-refractivity contribution in [3.8, 4) is 0 Å². The van der Waals surface area contributed by atoms with Gasteiger partial charge in [-0.05, 0) is 43.5 Å². The van der Waals surface area contributed by atoms with Crippen LogP contribution in [0.1, 0.15) is 5.56 Å². The Bertz CT molecular complexity index is 705. The van der Waals surface area contributed by atoms with Crippen LogP contribution in [0, 0.1) is 0 Å². The fourth-order valence-corrected chi connectivity index (χ4v) is 5.25. The third-order valence-corrected chi connectivity index (χ3v) is 6.30. The van der Waals surface area contributed by atoms with E-state index in [2.05, 4.69) is 104 Å². The van der Waals surface area contributed by atoms with Gasteiger partial charge in [0.25, 0.3) is 0 Å². The molecule has 0 amide bonds. The zero-order valence-electron chi connectivity index (χ0n) is 14.1. The Morgan fingerprint density at radius 3 is 1.62 bits per heavy atom. The number of hydrogen-bond acceptors (Lipinski definition) is 1. The summed E-state index contributed by atoms with van der Waals surface area (Å²) < 4.78 is 0. The van der Waals surface area contributed by atoms with E-state index in [0.717, 1.165) is 6.54 Å². The average molecular weight is 447 g/mol. The highest BCUT2D eigenvalue weighted by Gasteiger charge is 2.18. The van der Waals surface area contributed by atoms with E-state index in [1.165, 1.54) is 21.5 Å². The largest absolute Gasteiger partial charge is 0.305 e. The molecule has 0 N–H and O–H groups in total. The lowest BCUT2D eigenvalue weighted by atomic mass is 10.2. The van der Waals surface area contributed by atoms with Gasteiger partial charge in [0.05, 0.1) is 0 Å². The van der Waals surface area contributed by atoms with Crippen LogP contribution in [0.3, 0.4) is 0 Å². The summed E-state index contributed by atoms with van der Waals surface area (Å²) in [7, 11) is 3.73. The molecule has 3 aromatic rings. The fourth-order valence-electron chi connectivity index (χ4n) is 2.78. The number of halogens is 1. The molecule has 0 aliphatic heterocycles. The molecular formula is C21H23INP. The molecule has 0 aliphatic rings. The zero-order chi connectivity index (χ0) is 16.1. The molecule has 0 fully saturated rings. The minimum absolute atomic E-state index is 0. The van der Waals surface area contributed by atoms with Gasteiger partial charge in [0, 0.05) is 6.54 Å². The van der Waals surface area contributed by atoms with Crippen LogP contribution < -0.4 is 15.9 Å². The van der Waals surface area contributed by atoms with Gasteiger partial charge in [-0.15, -0.1) is 24.0 Å². The first kappa shape index (κ1) is 19.1. The maximum Gasteiger partial charge on any atom is 0.0234 e. The van der Waals surface area contributed by atoms with Gasteiger partial charge in [-0.1, -0.05) is 84.9 Å². The Hall–Kier alpha value is -1.22. The maximum absolute atomic E-state index is 2.30. The third kappa shape index (κ3) is 4.66. The standard InChI is InChI=1S/C21H22NP.HI/c1-22(2)17-18-11-9-10-16-21(18)23(19-12-5-3-6-13-19)20-14-7-4-8-15-20;/h3-16H,17H2,1-2H3;1H. The predicted octanol–water partition coefficient (Wildman–Crippen LogP) is 4.12. The molecule has 1 nitrogen and oxygen atoms in total. The molecule has 0 spiro atoms. The van der Waals surface area contributed by atoms with Crippen LogP contribution in [0.2, 0.25) is 0 Å². The molecule has 0 radical (unpaired) electrons. The van der Waals surface area contributed by atoms with Crippen molar-refractivity contribution in [3.05, 3.63) is 90.5 Å². The van der Waals surface area contributed by atoms with Crippen molar-refractivity contribution in [2.75, 3.05) is 14.1 Å². The van der Waals surface area contributed by atoms with E-state index in [1.54, 1.807) is 0 Å². The second kappa shape index (κ2) is 9.31. The van der Waals surface area contributed by atoms with Gasteiger partial charge in [-0.2, -0.15) is 0 Å². The van der Waals surface area contributed by atoms with E-state index < -0.39 is 7.92 Å². The highest BCUT2D eigenvalue weighted by atomic mass is 127. The van der Waals surface area contributed by atoms with Crippen molar-refractivity contribution >= 4 is 47.8 Å². The molecule has 3 rings (SSSR count). The lowest BCUT2D eigenvalue weighted by Gasteiger charge is -2.23. The molecule has 0 aliphatic carbocycles. The fraction of sp³-hybridized carbons (Fsp3) is 0.143. The number of hydrogen-bond donors (Lipinski definition) is 0. The summed E-state index contributed by atoms with van der Waals surface area (Å²) in [4.78, 5) is 2.24. The van der Waals surface area contributed by atoms with Crippen LogP contribution in [-0.2, 0) is 6.54 Å². The van der Waals surface area contributed by atoms with E-state index >= 15 is 0 Å². The summed E-state index contributed by atoms with van der Waals surface area (Å²) in [6.45, 7) is 0.967. The van der Waals surface area contributed by atoms with Gasteiger partial charge in [0.1, 0.15) is 0 Å². The molecule has 124 valence electrons. The van der Waals surface area contributed by atoms with Crippen LogP contribution in [0.4, 0.5) is 0 Å². The van der Waals surface area contributed by atoms with E-state index in [-0.39, 0.29) is 24.0 Å². The first-order valence-corrected chi connectivity index (χ1v) is 9.23. The second-order valence-electron chi connectivity index (χ2n) is 5.87. The minimum atomic E-state index is -0.524. The maximum atomic E-state index is 2.30. The zero-order valence-corrected chi connectivity index (χ0v) is 17.3. The van der Waals surface area contributed by atoms with Crippen molar-refractivity contribution in [3.63, 3.8) is 0 Å². The molecule has 0 bridgehead atoms. The molecule has 0 saturated carbocycles. The Balaban J connectivity index is 0.00000208. The third-order valence-electron chi connectivity index (χ3n) is 3.75. The van der Waals surface area contributed by atoms with Gasteiger partial charge >= 0.3 is 0 Å². The van der Waals surface area contributed by atoms with Crippen LogP contribution in [0.25, 0.3) is 0 Å². The van der Waals surface area contributed by atoms with Crippen molar-refractivity contribution in [1.82, 2.24) is 4.90 Å². The lowest BCUT2D eigenvalue weighted by molar-refractivity contribution is 0.403. The highest BCUT2D eigenvalue weighted by Crippen LogP contribution is 2.34. The Morgan fingerprint density at radius 2 is 1.12 bits per heavy atom. The smallest absolute Gasteiger partial charge is 0.0234 e. The van der Waals surface area contributed by atoms with Gasteiger partial charge in [0.15, 0.2) is 0 Å². The molecular weight excluding hydrogens is 424 g/mol. The molecule has 3 heteroatoms. The topological polar surface area (TPSA) is 3.24 Å². The summed E-state index contributed by atoms with van der Waals surface area (Å²) in [5, 5.41) is 4.26. The summed E-state index contributed by atoms with van der Waals surface area (Å²) in [5.41, 5.74) is 1.41. The summed E-state index contributed by atoms with van der Waals surface area (Å²) in [6, 6.07) is 30.6. The number of nitrogens with zero attached hydrogens (tertiary/aromatic N) is 1. The monoisotopic (exact) mass is 447 g/mol. The molecule has 0 unspecified atom stereocenters. The average Bonchev–Trinajstić information content (AvgIpc) is 2.58. The Morgan fingerprint density at radius 1 is 0.667 bits per heavy atom. The molecule has 0 saturated heterocycles. The minimum Gasteiger partial charge on any atom is -0.305 e. The van der Waals surface area contributed by atoms with Crippen molar-refractivity contribution in [1.29, 1.82) is 0 Å². The summed E-state index contributed by atoms with van der Waals surface area (Å²) in [6.07, 6.45) is 0. The highest BCUT2D eigenvalue weighted by molar-refractivity contribution is 14.0. The van der Waals surface area contributed by atoms with Crippen molar-refractivity contribution < 1.29 is 0 Å². The van der Waals surface area contributed by atoms with Gasteiger partial charge < -0.3 is 4.90 Å². The molecule has 0 atom stereocenters. The van der Waals surface area contributed by atoms with Gasteiger partial charge in [-0.25, -0.2) is 0 Å². The van der Waals surface area contributed by atoms with Crippen molar-refractivity contribution in [2.24, 2.45) is 0 Å². The van der Waals surface area contributed by atoms with E-state index in [4.69, 9.17) is 0 Å². The van der Waals surface area contributed by atoms with E-state index in [9.17, 15) is 0 Å². The summed E-state index contributed by atoms with van der Waals surface area (Å²) >= 11 is 0. The van der Waals surface area contributed by atoms with Crippen LogP contribution in [0.5, 0.6) is 0 Å². The van der Waals surface area contributed by atoms with Crippen LogP contribution in [0.15, 0.2) is 84.9 Å². The molecule has 0 heterocycles. The van der Waals surface area contributed by atoms with E-state index in [1.807, 2.05) is 0 Å². The van der Waals surface area contributed by atoms with Crippen LogP contribution in [-0.4, -0.2) is 19.0 Å². The summed E-state index contributed by atoms with van der Waals surface area (Å²) in [5.74, 6) is 0. The predicted molar refractivity (Wildman–Crippen MR) is 118 cm³/mol. The quantitative estimate of drug-likeness (QED) is 0.420. The normalized spacial score (nSPS) is 10.7. The molecule has 0 aromatic heterocycles. The molecule has 24 heavy (non-hydrogen) atoms. The SMILES string of the molecule is CN(C)Cc1ccccc1P(c1ccccc1)c1ccccc1.I. The Labute approximate surface area is 163 Å². The van der Waals surface area contributed by atoms with Gasteiger partial charge in [-0.3, -0.25) is 0 Å². The Kier molecular flexibility index (Phi) is 7.41. The molecule has 3 aromatic carbocycles. The van der Waals surface area contributed by atoms with Gasteiger partial charge in [0.2, 0.25) is 0 Å². The first-order valence-electron chi connectivity index (χ1n) is 7.88. The van der Waals surface area contributed by atoms with Crippen LogP contribution >= 0.6 is 31.9 Å². The van der Waals surface area contributed by atoms with Crippen molar-refractivity contribution in [2.45, 2.75) is 6.54 Å². The number of benzene rings is 3. The van der Waals surface area contributed by atoms with E-state index in [0.29, 0.717) is 0 Å². The second-order valence-corrected chi connectivity index (χ2v) is 8.06. The number of rotatable bonds is 5. The first-order chi connectivity index (χ1) is 11.3. The lowest BCUT2D eigenvalue weighted by Crippen LogP contribution is -2.25.